The molecular formula is C7H8F6N2O2. The summed E-state index contributed by atoms with van der Waals surface area (Å²) in [5.41, 5.74) is 0.628. The largest absolute Gasteiger partial charge is 0.419 e. The molecule has 1 aliphatic rings. The van der Waals surface area contributed by atoms with Crippen LogP contribution in [0.5, 0.6) is 0 Å². The van der Waals surface area contributed by atoms with Gasteiger partial charge in [-0.1, -0.05) is 0 Å². The minimum absolute atomic E-state index is 0.331. The van der Waals surface area contributed by atoms with Gasteiger partial charge < -0.3 is 5.73 Å². The average Bonchev–Trinajstić information content (AvgIpc) is 2.77. The molecule has 0 aromatic carbocycles. The van der Waals surface area contributed by atoms with Crippen LogP contribution in [0.2, 0.25) is 0 Å². The van der Waals surface area contributed by atoms with Gasteiger partial charge in [0.25, 0.3) is 5.54 Å². The molecule has 0 spiro atoms. The maximum atomic E-state index is 12.3. The Labute approximate surface area is 91.2 Å². The molecule has 1 fully saturated rings. The summed E-state index contributed by atoms with van der Waals surface area (Å²) in [4.78, 5) is 14.7. The van der Waals surface area contributed by atoms with Crippen LogP contribution in [0.25, 0.3) is 0 Å². The van der Waals surface area contributed by atoms with Crippen molar-refractivity contribution in [2.24, 2.45) is 5.73 Å². The lowest BCUT2D eigenvalue weighted by Gasteiger charge is -2.23. The van der Waals surface area contributed by atoms with E-state index in [1.165, 1.54) is 0 Å². The van der Waals surface area contributed by atoms with Crippen LogP contribution in [0.15, 0.2) is 0 Å². The highest BCUT2D eigenvalue weighted by molar-refractivity contribution is 5.78. The smallest absolute Gasteiger partial charge is 0.367 e. The number of nitrogens with zero attached hydrogens (tertiary/aromatic N) is 1. The van der Waals surface area contributed by atoms with Gasteiger partial charge in [0, 0.05) is 0 Å². The molecule has 0 saturated carbocycles. The van der Waals surface area contributed by atoms with Gasteiger partial charge in [-0.2, -0.15) is 31.4 Å². The molecule has 0 aromatic rings. The van der Waals surface area contributed by atoms with Crippen LogP contribution in [0.4, 0.5) is 26.3 Å². The topological polar surface area (TPSA) is 55.3 Å². The van der Waals surface area contributed by atoms with Crippen LogP contribution in [0.3, 0.4) is 0 Å². The van der Waals surface area contributed by atoms with Crippen LogP contribution in [-0.4, -0.2) is 41.5 Å². The number of alkyl halides is 6. The molecule has 0 bridgehead atoms. The maximum absolute atomic E-state index is 12.3. The van der Waals surface area contributed by atoms with Gasteiger partial charge in [-0.3, -0.25) is 9.63 Å². The zero-order valence-corrected chi connectivity index (χ0v) is 8.39. The lowest BCUT2D eigenvalue weighted by molar-refractivity contribution is -0.310. The van der Waals surface area contributed by atoms with Gasteiger partial charge in [0.2, 0.25) is 5.91 Å². The zero-order valence-electron chi connectivity index (χ0n) is 8.39. The van der Waals surface area contributed by atoms with E-state index in [4.69, 9.17) is 0 Å². The fourth-order valence-electron chi connectivity index (χ4n) is 1.17. The Hall–Kier alpha value is -1.03. The van der Waals surface area contributed by atoms with Crippen LogP contribution in [0.1, 0.15) is 6.92 Å². The second-order valence-electron chi connectivity index (χ2n) is 3.54. The van der Waals surface area contributed by atoms with Gasteiger partial charge in [-0.25, -0.2) is 0 Å². The number of hydrogen-bond donors (Lipinski definition) is 1. The van der Waals surface area contributed by atoms with Crippen molar-refractivity contribution in [3.05, 3.63) is 0 Å². The predicted molar refractivity (Wildman–Crippen MR) is 41.3 cm³/mol. The number of amides is 1. The third kappa shape index (κ3) is 2.18. The second-order valence-corrected chi connectivity index (χ2v) is 3.54. The van der Waals surface area contributed by atoms with E-state index in [0.717, 1.165) is 6.92 Å². The molecule has 2 unspecified atom stereocenters. The standard InChI is InChI=1S/C7H8F6N2O2/c1-3(4(14)16)17-15-2-5(15,6(8,9)10)7(11,12)13/h3H,2H2,1H3,(H2,14,16). The van der Waals surface area contributed by atoms with Gasteiger partial charge in [0.1, 0.15) is 0 Å². The highest BCUT2D eigenvalue weighted by Crippen LogP contribution is 2.56. The number of rotatable bonds is 3. The number of hydroxylamine groups is 2. The Balaban J connectivity index is 2.85. The third-order valence-corrected chi connectivity index (χ3v) is 2.32. The number of halogens is 6. The Kier molecular flexibility index (Phi) is 3.08. The Morgan fingerprint density at radius 3 is 1.94 bits per heavy atom. The summed E-state index contributed by atoms with van der Waals surface area (Å²) in [6.07, 6.45) is -12.6. The van der Waals surface area contributed by atoms with Crippen molar-refractivity contribution in [1.82, 2.24) is 5.06 Å². The van der Waals surface area contributed by atoms with E-state index in [1.54, 1.807) is 0 Å². The fraction of sp³-hybridized carbons (Fsp3) is 0.857. The molecule has 0 aliphatic carbocycles. The van der Waals surface area contributed by atoms with E-state index in [-0.39, 0.29) is 5.06 Å². The van der Waals surface area contributed by atoms with E-state index in [0.29, 0.717) is 0 Å². The summed E-state index contributed by atoms with van der Waals surface area (Å²) in [5.74, 6) is -1.16. The molecule has 17 heavy (non-hydrogen) atoms. The van der Waals surface area contributed by atoms with Crippen LogP contribution in [-0.2, 0) is 9.63 Å². The van der Waals surface area contributed by atoms with Crippen molar-refractivity contribution >= 4 is 5.91 Å². The monoisotopic (exact) mass is 266 g/mol. The number of hydrogen-bond acceptors (Lipinski definition) is 3. The minimum Gasteiger partial charge on any atom is -0.367 e. The molecule has 2 atom stereocenters. The fourth-order valence-corrected chi connectivity index (χ4v) is 1.17. The van der Waals surface area contributed by atoms with Crippen molar-refractivity contribution in [2.75, 3.05) is 6.54 Å². The van der Waals surface area contributed by atoms with E-state index in [2.05, 4.69) is 10.6 Å². The lowest BCUT2D eigenvalue weighted by Crippen LogP contribution is -2.50. The summed E-state index contributed by atoms with van der Waals surface area (Å²) < 4.78 is 74.0. The molecule has 4 nitrogen and oxygen atoms in total. The lowest BCUT2D eigenvalue weighted by atomic mass is 10.1. The molecule has 1 heterocycles. The van der Waals surface area contributed by atoms with E-state index < -0.39 is 36.4 Å². The molecule has 1 amide bonds. The number of carbonyl (C=O) groups is 1. The average molecular weight is 266 g/mol. The highest BCUT2D eigenvalue weighted by Gasteiger charge is 2.85. The first kappa shape index (κ1) is 14.0. The molecule has 1 rings (SSSR count). The van der Waals surface area contributed by atoms with Crippen molar-refractivity contribution in [2.45, 2.75) is 30.9 Å². The Morgan fingerprint density at radius 1 is 1.29 bits per heavy atom. The SMILES string of the molecule is CC(ON1CC1(C(F)(F)F)C(F)(F)F)C(N)=O. The van der Waals surface area contributed by atoms with Crippen molar-refractivity contribution < 1.29 is 36.0 Å². The van der Waals surface area contributed by atoms with Gasteiger partial charge in [0.05, 0.1) is 6.54 Å². The first-order valence-electron chi connectivity index (χ1n) is 4.30. The molecule has 1 saturated heterocycles. The summed E-state index contributed by atoms with van der Waals surface area (Å²) in [7, 11) is 0. The van der Waals surface area contributed by atoms with Gasteiger partial charge in [-0.15, -0.1) is 0 Å². The van der Waals surface area contributed by atoms with E-state index >= 15 is 0 Å². The van der Waals surface area contributed by atoms with Crippen LogP contribution in [0, 0.1) is 0 Å². The normalized spacial score (nSPS) is 25.5. The summed E-state index contributed by atoms with van der Waals surface area (Å²) in [6.45, 7) is -0.449. The molecular weight excluding hydrogens is 258 g/mol. The Bertz CT molecular complexity index is 311. The molecule has 1 aliphatic heterocycles. The zero-order chi connectivity index (χ0) is 13.6. The predicted octanol–water partition coefficient (Wildman–Crippen LogP) is 0.971. The quantitative estimate of drug-likeness (QED) is 0.611. The number of primary amides is 1. The van der Waals surface area contributed by atoms with E-state index in [1.807, 2.05) is 0 Å². The maximum Gasteiger partial charge on any atom is 0.419 e. The van der Waals surface area contributed by atoms with E-state index in [9.17, 15) is 31.1 Å². The molecule has 2 N–H and O–H groups in total. The molecule has 10 heteroatoms. The van der Waals surface area contributed by atoms with Crippen LogP contribution >= 0.6 is 0 Å². The molecule has 0 radical (unpaired) electrons. The summed E-state index contributed by atoms with van der Waals surface area (Å²) >= 11 is 0. The summed E-state index contributed by atoms with van der Waals surface area (Å²) in [5, 5.41) is -0.331. The van der Waals surface area contributed by atoms with Crippen molar-refractivity contribution in [3.8, 4) is 0 Å². The van der Waals surface area contributed by atoms with Gasteiger partial charge >= 0.3 is 12.4 Å². The number of carbonyl (C=O) groups excluding carboxylic acids is 1. The molecule has 0 aromatic heterocycles. The number of nitrogens with two attached hydrogens (primary N) is 1. The van der Waals surface area contributed by atoms with Crippen molar-refractivity contribution in [3.63, 3.8) is 0 Å². The van der Waals surface area contributed by atoms with Crippen molar-refractivity contribution in [1.29, 1.82) is 0 Å². The third-order valence-electron chi connectivity index (χ3n) is 2.32. The minimum atomic E-state index is -5.54. The first-order chi connectivity index (χ1) is 7.43. The second kappa shape index (κ2) is 3.73. The first-order valence-corrected chi connectivity index (χ1v) is 4.30. The van der Waals surface area contributed by atoms with Crippen LogP contribution < -0.4 is 5.73 Å². The highest BCUT2D eigenvalue weighted by atomic mass is 19.4. The summed E-state index contributed by atoms with van der Waals surface area (Å²) in [6, 6.07) is 0. The Morgan fingerprint density at radius 2 is 1.71 bits per heavy atom. The molecule has 100 valence electrons. The van der Waals surface area contributed by atoms with Gasteiger partial charge in [0.15, 0.2) is 6.10 Å². The van der Waals surface area contributed by atoms with Gasteiger partial charge in [-0.05, 0) is 6.92 Å².